The molecule has 0 saturated carbocycles. The molecule has 2 N–H and O–H groups in total. The first kappa shape index (κ1) is 12.0. The molecule has 19 heavy (non-hydrogen) atoms. The van der Waals surface area contributed by atoms with E-state index in [0.717, 1.165) is 12.2 Å². The Morgan fingerprint density at radius 2 is 2.16 bits per heavy atom. The summed E-state index contributed by atoms with van der Waals surface area (Å²) >= 11 is 0. The molecule has 1 aliphatic carbocycles. The number of aromatic amines is 1. The number of hydrogen-bond donors (Lipinski definition) is 2. The molecule has 0 spiro atoms. The Balaban J connectivity index is 2.09. The van der Waals surface area contributed by atoms with E-state index in [-0.39, 0.29) is 17.0 Å². The summed E-state index contributed by atoms with van der Waals surface area (Å²) in [6.07, 6.45) is 2.38. The van der Waals surface area contributed by atoms with Crippen LogP contribution in [-0.2, 0) is 6.42 Å². The molecule has 98 valence electrons. The van der Waals surface area contributed by atoms with Crippen molar-refractivity contribution in [3.8, 4) is 0 Å². The first-order valence-corrected chi connectivity index (χ1v) is 6.35. The monoisotopic (exact) mass is 256 g/mol. The molecule has 4 nitrogen and oxygen atoms in total. The number of imidazole rings is 1. The van der Waals surface area contributed by atoms with Crippen molar-refractivity contribution < 1.29 is 9.90 Å². The Bertz CT molecular complexity index is 643. The number of hydrogen-bond acceptors (Lipinski definition) is 2. The van der Waals surface area contributed by atoms with E-state index in [1.54, 1.807) is 0 Å². The zero-order valence-corrected chi connectivity index (χ0v) is 11.0. The molecule has 0 bridgehead atoms. The number of nitrogens with one attached hydrogen (secondary N) is 1. The van der Waals surface area contributed by atoms with E-state index < -0.39 is 5.97 Å². The highest BCUT2D eigenvalue weighted by atomic mass is 16.4. The third-order valence-electron chi connectivity index (χ3n) is 3.89. The number of carboxylic acid groups (broad SMARTS) is 1. The van der Waals surface area contributed by atoms with Gasteiger partial charge in [-0.2, -0.15) is 0 Å². The van der Waals surface area contributed by atoms with Crippen LogP contribution in [0, 0.1) is 5.41 Å². The number of aromatic nitrogens is 2. The fraction of sp³-hybridized carbons (Fsp3) is 0.333. The minimum atomic E-state index is -0.970. The van der Waals surface area contributed by atoms with Crippen LogP contribution in [0.1, 0.15) is 47.2 Å². The third-order valence-corrected chi connectivity index (χ3v) is 3.89. The molecule has 0 amide bonds. The maximum atomic E-state index is 11.0. The van der Waals surface area contributed by atoms with Crippen molar-refractivity contribution >= 4 is 5.97 Å². The number of benzene rings is 1. The Labute approximate surface area is 111 Å². The average molecular weight is 256 g/mol. The standard InChI is InChI=1S/C15H16N2O2/c1-15(2)7-9-5-3-4-6-10(9)12(15)13-16-8-11(17-13)14(18)19/h3-6,8,12H,7H2,1-2H3,(H,16,17)(H,18,19). The lowest BCUT2D eigenvalue weighted by Crippen LogP contribution is -2.20. The van der Waals surface area contributed by atoms with Crippen LogP contribution < -0.4 is 0 Å². The number of carboxylic acids is 1. The molecular weight excluding hydrogens is 240 g/mol. The van der Waals surface area contributed by atoms with Crippen LogP contribution in [0.3, 0.4) is 0 Å². The summed E-state index contributed by atoms with van der Waals surface area (Å²) in [7, 11) is 0. The second-order valence-corrected chi connectivity index (χ2v) is 5.78. The Hall–Kier alpha value is -2.10. The van der Waals surface area contributed by atoms with Crippen molar-refractivity contribution in [1.82, 2.24) is 9.97 Å². The summed E-state index contributed by atoms with van der Waals surface area (Å²) in [6.45, 7) is 4.39. The van der Waals surface area contributed by atoms with Crippen LogP contribution in [0.25, 0.3) is 0 Å². The normalized spacial score (nSPS) is 20.2. The van der Waals surface area contributed by atoms with E-state index in [1.807, 2.05) is 12.1 Å². The van der Waals surface area contributed by atoms with Gasteiger partial charge in [0.2, 0.25) is 0 Å². The van der Waals surface area contributed by atoms with Crippen molar-refractivity contribution in [1.29, 1.82) is 0 Å². The van der Waals surface area contributed by atoms with Crippen LogP contribution in [0.2, 0.25) is 0 Å². The number of carbonyl (C=O) groups is 1. The highest BCUT2D eigenvalue weighted by Crippen LogP contribution is 2.49. The number of rotatable bonds is 2. The molecule has 1 heterocycles. The molecule has 1 unspecified atom stereocenters. The fourth-order valence-electron chi connectivity index (χ4n) is 3.10. The molecular formula is C15H16N2O2. The summed E-state index contributed by atoms with van der Waals surface area (Å²) in [4.78, 5) is 18.2. The van der Waals surface area contributed by atoms with Gasteiger partial charge in [0.05, 0.1) is 6.20 Å². The topological polar surface area (TPSA) is 66.0 Å². The molecule has 1 aromatic heterocycles. The lowest BCUT2D eigenvalue weighted by molar-refractivity contribution is 0.0690. The number of nitrogens with zero attached hydrogens (tertiary/aromatic N) is 1. The Kier molecular flexibility index (Phi) is 2.49. The molecule has 0 saturated heterocycles. The number of fused-ring (bicyclic) bond motifs is 1. The molecule has 3 rings (SSSR count). The van der Waals surface area contributed by atoms with Gasteiger partial charge in [0.15, 0.2) is 0 Å². The molecule has 0 fully saturated rings. The van der Waals surface area contributed by atoms with E-state index in [9.17, 15) is 4.79 Å². The predicted molar refractivity (Wildman–Crippen MR) is 71.3 cm³/mol. The fourth-order valence-corrected chi connectivity index (χ4v) is 3.10. The molecule has 1 aromatic carbocycles. The molecule has 4 heteroatoms. The molecule has 0 radical (unpaired) electrons. The van der Waals surface area contributed by atoms with Gasteiger partial charge in [-0.1, -0.05) is 38.1 Å². The quantitative estimate of drug-likeness (QED) is 0.868. The van der Waals surface area contributed by atoms with Gasteiger partial charge in [0.25, 0.3) is 0 Å². The van der Waals surface area contributed by atoms with E-state index in [0.29, 0.717) is 0 Å². The number of aromatic carboxylic acids is 1. The van der Waals surface area contributed by atoms with Crippen molar-refractivity contribution in [2.24, 2.45) is 5.41 Å². The van der Waals surface area contributed by atoms with E-state index in [1.165, 1.54) is 17.3 Å². The first-order valence-electron chi connectivity index (χ1n) is 6.35. The summed E-state index contributed by atoms with van der Waals surface area (Å²) in [5.74, 6) is -0.105. The van der Waals surface area contributed by atoms with Crippen molar-refractivity contribution in [3.63, 3.8) is 0 Å². The zero-order chi connectivity index (χ0) is 13.6. The van der Waals surface area contributed by atoms with Gasteiger partial charge in [-0.15, -0.1) is 0 Å². The van der Waals surface area contributed by atoms with Crippen molar-refractivity contribution in [2.75, 3.05) is 0 Å². The highest BCUT2D eigenvalue weighted by Gasteiger charge is 2.41. The van der Waals surface area contributed by atoms with E-state index in [4.69, 9.17) is 5.11 Å². The maximum Gasteiger partial charge on any atom is 0.353 e. The lowest BCUT2D eigenvalue weighted by Gasteiger charge is -2.25. The van der Waals surface area contributed by atoms with Gasteiger partial charge in [0, 0.05) is 5.92 Å². The van der Waals surface area contributed by atoms with Gasteiger partial charge in [-0.25, -0.2) is 9.78 Å². The summed E-state index contributed by atoms with van der Waals surface area (Å²) in [6, 6.07) is 8.31. The molecule has 1 atom stereocenters. The van der Waals surface area contributed by atoms with Gasteiger partial charge in [-0.05, 0) is 23.0 Å². The lowest BCUT2D eigenvalue weighted by atomic mass is 9.79. The minimum Gasteiger partial charge on any atom is -0.477 e. The highest BCUT2D eigenvalue weighted by molar-refractivity contribution is 5.85. The zero-order valence-electron chi connectivity index (χ0n) is 11.0. The van der Waals surface area contributed by atoms with Crippen LogP contribution in [0.4, 0.5) is 0 Å². The summed E-state index contributed by atoms with van der Waals surface area (Å²) in [5, 5.41) is 9.00. The van der Waals surface area contributed by atoms with Gasteiger partial charge in [0.1, 0.15) is 11.5 Å². The average Bonchev–Trinajstić information content (AvgIpc) is 2.88. The Morgan fingerprint density at radius 1 is 1.42 bits per heavy atom. The smallest absolute Gasteiger partial charge is 0.353 e. The van der Waals surface area contributed by atoms with Crippen LogP contribution >= 0.6 is 0 Å². The molecule has 2 aromatic rings. The predicted octanol–water partition coefficient (Wildman–Crippen LogP) is 2.82. The van der Waals surface area contributed by atoms with Crippen LogP contribution in [0.15, 0.2) is 30.5 Å². The largest absolute Gasteiger partial charge is 0.477 e. The van der Waals surface area contributed by atoms with Crippen molar-refractivity contribution in [2.45, 2.75) is 26.2 Å². The second kappa shape index (κ2) is 3.95. The second-order valence-electron chi connectivity index (χ2n) is 5.78. The van der Waals surface area contributed by atoms with E-state index >= 15 is 0 Å². The Morgan fingerprint density at radius 3 is 2.84 bits per heavy atom. The molecule has 1 aliphatic rings. The first-order chi connectivity index (χ1) is 8.99. The maximum absolute atomic E-state index is 11.0. The van der Waals surface area contributed by atoms with Gasteiger partial charge >= 0.3 is 5.97 Å². The van der Waals surface area contributed by atoms with E-state index in [2.05, 4.69) is 35.9 Å². The van der Waals surface area contributed by atoms with Crippen LogP contribution in [-0.4, -0.2) is 21.0 Å². The van der Waals surface area contributed by atoms with Crippen molar-refractivity contribution in [3.05, 3.63) is 53.1 Å². The number of H-pyrrole nitrogens is 1. The van der Waals surface area contributed by atoms with Gasteiger partial charge < -0.3 is 10.1 Å². The summed E-state index contributed by atoms with van der Waals surface area (Å²) in [5.41, 5.74) is 2.76. The third kappa shape index (κ3) is 1.84. The summed E-state index contributed by atoms with van der Waals surface area (Å²) < 4.78 is 0. The SMILES string of the molecule is CC1(C)Cc2ccccc2C1c1ncc(C(=O)O)[nH]1. The van der Waals surface area contributed by atoms with Crippen LogP contribution in [0.5, 0.6) is 0 Å². The minimum absolute atomic E-state index is 0.0390. The molecule has 0 aliphatic heterocycles. The van der Waals surface area contributed by atoms with Gasteiger partial charge in [-0.3, -0.25) is 0 Å².